The number of hydrogen-bond donors (Lipinski definition) is 0. The fourth-order valence-corrected chi connectivity index (χ4v) is 4.28. The van der Waals surface area contributed by atoms with E-state index < -0.39 is 9.84 Å². The van der Waals surface area contributed by atoms with Crippen LogP contribution in [0, 0.1) is 5.82 Å². The zero-order chi connectivity index (χ0) is 16.0. The molecule has 1 unspecified atom stereocenters. The second-order valence-corrected chi connectivity index (χ2v) is 7.71. The summed E-state index contributed by atoms with van der Waals surface area (Å²) < 4.78 is 38.2. The Kier molecular flexibility index (Phi) is 5.72. The van der Waals surface area contributed by atoms with Gasteiger partial charge in [-0.2, -0.15) is 0 Å². The first-order chi connectivity index (χ1) is 10.5. The first-order valence-electron chi connectivity index (χ1n) is 7.52. The van der Waals surface area contributed by atoms with E-state index in [2.05, 4.69) is 0 Å². The van der Waals surface area contributed by atoms with Gasteiger partial charge in [0.15, 0.2) is 9.84 Å². The van der Waals surface area contributed by atoms with Crippen LogP contribution in [0.15, 0.2) is 54.6 Å². The van der Waals surface area contributed by atoms with Crippen LogP contribution in [-0.2, 0) is 9.84 Å². The second kappa shape index (κ2) is 7.54. The van der Waals surface area contributed by atoms with Crippen LogP contribution in [0.1, 0.15) is 36.8 Å². The predicted molar refractivity (Wildman–Crippen MR) is 88.2 cm³/mol. The molecule has 2 rings (SSSR count). The summed E-state index contributed by atoms with van der Waals surface area (Å²) in [6.45, 7) is 1.97. The zero-order valence-electron chi connectivity index (χ0n) is 12.7. The van der Waals surface area contributed by atoms with Gasteiger partial charge in [-0.3, -0.25) is 0 Å². The van der Waals surface area contributed by atoms with E-state index in [-0.39, 0.29) is 23.2 Å². The van der Waals surface area contributed by atoms with Crippen molar-refractivity contribution in [1.82, 2.24) is 0 Å². The third-order valence-electron chi connectivity index (χ3n) is 3.68. The van der Waals surface area contributed by atoms with Gasteiger partial charge >= 0.3 is 0 Å². The molecule has 0 saturated heterocycles. The van der Waals surface area contributed by atoms with Crippen molar-refractivity contribution in [2.75, 3.05) is 11.5 Å². The van der Waals surface area contributed by atoms with Gasteiger partial charge in [-0.15, -0.1) is 0 Å². The monoisotopic (exact) mass is 320 g/mol. The molecule has 0 spiro atoms. The SMILES string of the molecule is CCCCS(=O)(=O)CC(c1ccccc1)c1cccc(F)c1. The summed E-state index contributed by atoms with van der Waals surface area (Å²) in [7, 11) is -3.17. The highest BCUT2D eigenvalue weighted by atomic mass is 32.2. The number of rotatable bonds is 7. The third kappa shape index (κ3) is 4.67. The maximum absolute atomic E-state index is 13.5. The molecule has 2 aromatic carbocycles. The van der Waals surface area contributed by atoms with Gasteiger partial charge in [-0.1, -0.05) is 55.8 Å². The van der Waals surface area contributed by atoms with Gasteiger partial charge in [0.2, 0.25) is 0 Å². The molecule has 0 amide bonds. The van der Waals surface area contributed by atoms with Crippen LogP contribution in [0.5, 0.6) is 0 Å². The van der Waals surface area contributed by atoms with Crippen molar-refractivity contribution < 1.29 is 12.8 Å². The molecule has 0 saturated carbocycles. The summed E-state index contributed by atoms with van der Waals surface area (Å²) in [5.74, 6) is -0.481. The van der Waals surface area contributed by atoms with Crippen molar-refractivity contribution in [3.8, 4) is 0 Å². The molecule has 0 radical (unpaired) electrons. The first-order valence-corrected chi connectivity index (χ1v) is 9.35. The first kappa shape index (κ1) is 16.7. The number of benzene rings is 2. The molecule has 22 heavy (non-hydrogen) atoms. The Hall–Kier alpha value is -1.68. The lowest BCUT2D eigenvalue weighted by molar-refractivity contribution is 0.587. The molecule has 0 aliphatic heterocycles. The minimum atomic E-state index is -3.17. The van der Waals surface area contributed by atoms with Crippen molar-refractivity contribution in [1.29, 1.82) is 0 Å². The quantitative estimate of drug-likeness (QED) is 0.767. The smallest absolute Gasteiger partial charge is 0.151 e. The van der Waals surface area contributed by atoms with Gasteiger partial charge in [0, 0.05) is 5.92 Å². The summed E-state index contributed by atoms with van der Waals surface area (Å²) in [6, 6.07) is 15.6. The maximum Gasteiger partial charge on any atom is 0.151 e. The Bertz CT molecular complexity index is 696. The van der Waals surface area contributed by atoms with E-state index in [1.807, 2.05) is 37.3 Å². The summed E-state index contributed by atoms with van der Waals surface area (Å²) in [4.78, 5) is 0. The molecular weight excluding hydrogens is 299 g/mol. The molecule has 2 aromatic rings. The summed E-state index contributed by atoms with van der Waals surface area (Å²) in [5.41, 5.74) is 1.60. The molecule has 4 heteroatoms. The van der Waals surface area contributed by atoms with Gasteiger partial charge in [0.25, 0.3) is 0 Å². The van der Waals surface area contributed by atoms with E-state index in [9.17, 15) is 12.8 Å². The van der Waals surface area contributed by atoms with E-state index >= 15 is 0 Å². The lowest BCUT2D eigenvalue weighted by Crippen LogP contribution is -2.19. The van der Waals surface area contributed by atoms with Gasteiger partial charge in [-0.25, -0.2) is 12.8 Å². The molecular formula is C18H21FO2S. The molecule has 0 N–H and O–H groups in total. The fourth-order valence-electron chi connectivity index (χ4n) is 2.50. The van der Waals surface area contributed by atoms with Crippen molar-refractivity contribution >= 4 is 9.84 Å². The van der Waals surface area contributed by atoms with E-state index in [1.54, 1.807) is 12.1 Å². The van der Waals surface area contributed by atoms with Gasteiger partial charge in [0.05, 0.1) is 11.5 Å². The third-order valence-corrected chi connectivity index (χ3v) is 5.43. The Labute approximate surface area is 131 Å². The van der Waals surface area contributed by atoms with E-state index in [4.69, 9.17) is 0 Å². The molecule has 0 fully saturated rings. The minimum absolute atomic E-state index is 0.0144. The van der Waals surface area contributed by atoms with E-state index in [0.29, 0.717) is 12.0 Å². The van der Waals surface area contributed by atoms with Crippen molar-refractivity contribution in [3.63, 3.8) is 0 Å². The predicted octanol–water partition coefficient (Wildman–Crippen LogP) is 4.17. The topological polar surface area (TPSA) is 34.1 Å². The summed E-state index contributed by atoms with van der Waals surface area (Å²) >= 11 is 0. The van der Waals surface area contributed by atoms with Crippen LogP contribution in [0.3, 0.4) is 0 Å². The highest BCUT2D eigenvalue weighted by molar-refractivity contribution is 7.91. The molecule has 1 atom stereocenters. The highest BCUT2D eigenvalue weighted by Gasteiger charge is 2.22. The lowest BCUT2D eigenvalue weighted by atomic mass is 9.93. The Morgan fingerprint density at radius 3 is 2.32 bits per heavy atom. The Morgan fingerprint density at radius 1 is 1.00 bits per heavy atom. The van der Waals surface area contributed by atoms with Gasteiger partial charge < -0.3 is 0 Å². The largest absolute Gasteiger partial charge is 0.229 e. The molecule has 118 valence electrons. The molecule has 0 aliphatic rings. The number of hydrogen-bond acceptors (Lipinski definition) is 2. The Morgan fingerprint density at radius 2 is 1.68 bits per heavy atom. The second-order valence-electron chi connectivity index (χ2n) is 5.49. The molecule has 0 heterocycles. The van der Waals surface area contributed by atoms with E-state index in [0.717, 1.165) is 12.0 Å². The van der Waals surface area contributed by atoms with Crippen LogP contribution >= 0.6 is 0 Å². The fraction of sp³-hybridized carbons (Fsp3) is 0.333. The van der Waals surface area contributed by atoms with Crippen LogP contribution in [-0.4, -0.2) is 19.9 Å². The maximum atomic E-state index is 13.5. The molecule has 2 nitrogen and oxygen atoms in total. The average Bonchev–Trinajstić information content (AvgIpc) is 2.52. The van der Waals surface area contributed by atoms with Crippen LogP contribution in [0.2, 0.25) is 0 Å². The van der Waals surface area contributed by atoms with E-state index in [1.165, 1.54) is 12.1 Å². The van der Waals surface area contributed by atoms with Crippen LogP contribution in [0.25, 0.3) is 0 Å². The zero-order valence-corrected chi connectivity index (χ0v) is 13.5. The number of halogens is 1. The highest BCUT2D eigenvalue weighted by Crippen LogP contribution is 2.27. The van der Waals surface area contributed by atoms with Crippen molar-refractivity contribution in [3.05, 3.63) is 71.5 Å². The number of unbranched alkanes of at least 4 members (excludes halogenated alkanes) is 1. The standard InChI is InChI=1S/C18H21FO2S/c1-2-3-12-22(20,21)14-18(15-8-5-4-6-9-15)16-10-7-11-17(19)13-16/h4-11,13,18H,2-3,12,14H2,1H3. The average molecular weight is 320 g/mol. The summed E-state index contributed by atoms with van der Waals surface area (Å²) in [5, 5.41) is 0. The van der Waals surface area contributed by atoms with Crippen LogP contribution in [0.4, 0.5) is 4.39 Å². The molecule has 0 aromatic heterocycles. The van der Waals surface area contributed by atoms with Gasteiger partial charge in [0.1, 0.15) is 5.82 Å². The summed E-state index contributed by atoms with van der Waals surface area (Å²) in [6.07, 6.45) is 1.50. The lowest BCUT2D eigenvalue weighted by Gasteiger charge is -2.18. The minimum Gasteiger partial charge on any atom is -0.229 e. The van der Waals surface area contributed by atoms with Crippen molar-refractivity contribution in [2.45, 2.75) is 25.7 Å². The molecule has 0 aliphatic carbocycles. The van der Waals surface area contributed by atoms with Crippen LogP contribution < -0.4 is 0 Å². The van der Waals surface area contributed by atoms with Crippen molar-refractivity contribution in [2.24, 2.45) is 0 Å². The number of sulfone groups is 1. The molecule has 0 bridgehead atoms. The van der Waals surface area contributed by atoms with Gasteiger partial charge in [-0.05, 0) is 29.7 Å². The Balaban J connectivity index is 2.35. The normalized spacial score (nSPS) is 13.0.